The minimum absolute atomic E-state index is 0.535. The number of benzene rings is 1. The van der Waals surface area contributed by atoms with Crippen LogP contribution in [0.2, 0.25) is 0 Å². The maximum atomic E-state index is 5.65. The molecule has 2 rings (SSSR count). The van der Waals surface area contributed by atoms with E-state index in [0.717, 1.165) is 12.2 Å². The van der Waals surface area contributed by atoms with Crippen LogP contribution in [-0.4, -0.2) is 9.97 Å². The highest BCUT2D eigenvalue weighted by Crippen LogP contribution is 2.24. The van der Waals surface area contributed by atoms with E-state index in [2.05, 4.69) is 51.9 Å². The monoisotopic (exact) mass is 306 g/mol. The summed E-state index contributed by atoms with van der Waals surface area (Å²) in [5, 5.41) is 0. The third kappa shape index (κ3) is 3.29. The first-order valence-corrected chi connectivity index (χ1v) is 6.73. The fourth-order valence-electron chi connectivity index (χ4n) is 1.59. The Morgan fingerprint density at radius 1 is 1.22 bits per heavy atom. The lowest BCUT2D eigenvalue weighted by atomic mass is 9.99. The van der Waals surface area contributed by atoms with Crippen molar-refractivity contribution >= 4 is 15.9 Å². The van der Waals surface area contributed by atoms with E-state index in [0.29, 0.717) is 16.4 Å². The van der Waals surface area contributed by atoms with Gasteiger partial charge in [-0.1, -0.05) is 26.0 Å². The molecule has 0 aliphatic rings. The van der Waals surface area contributed by atoms with E-state index >= 15 is 0 Å². The average molecular weight is 307 g/mol. The molecule has 0 radical (unpaired) electrons. The highest BCUT2D eigenvalue weighted by atomic mass is 79.9. The summed E-state index contributed by atoms with van der Waals surface area (Å²) in [6.07, 6.45) is 2.60. The van der Waals surface area contributed by atoms with E-state index in [-0.39, 0.29) is 0 Å². The number of rotatable bonds is 4. The SMILES string of the molecule is CCC(C)c1ccc(Oc2cc(Br)ncn2)cc1. The minimum Gasteiger partial charge on any atom is -0.439 e. The van der Waals surface area contributed by atoms with Crippen molar-refractivity contribution in [3.8, 4) is 11.6 Å². The summed E-state index contributed by atoms with van der Waals surface area (Å²) in [4.78, 5) is 8.00. The van der Waals surface area contributed by atoms with E-state index in [1.165, 1.54) is 11.9 Å². The van der Waals surface area contributed by atoms with Gasteiger partial charge >= 0.3 is 0 Å². The van der Waals surface area contributed by atoms with Crippen LogP contribution in [0.15, 0.2) is 41.3 Å². The van der Waals surface area contributed by atoms with Crippen molar-refractivity contribution < 1.29 is 4.74 Å². The quantitative estimate of drug-likeness (QED) is 0.778. The molecule has 0 saturated carbocycles. The molecule has 0 spiro atoms. The minimum atomic E-state index is 0.535. The third-order valence-electron chi connectivity index (χ3n) is 2.89. The van der Waals surface area contributed by atoms with Crippen molar-refractivity contribution in [3.05, 3.63) is 46.8 Å². The van der Waals surface area contributed by atoms with Gasteiger partial charge in [0.2, 0.25) is 5.88 Å². The first-order chi connectivity index (χ1) is 8.69. The number of hydrogen-bond donors (Lipinski definition) is 0. The van der Waals surface area contributed by atoms with Crippen LogP contribution in [0.25, 0.3) is 0 Å². The van der Waals surface area contributed by atoms with Gasteiger partial charge in [0, 0.05) is 6.07 Å². The van der Waals surface area contributed by atoms with Gasteiger partial charge in [-0.25, -0.2) is 9.97 Å². The number of aromatic nitrogens is 2. The summed E-state index contributed by atoms with van der Waals surface area (Å²) in [5.41, 5.74) is 1.33. The molecule has 1 heterocycles. The standard InChI is InChI=1S/C14H15BrN2O/c1-3-10(2)11-4-6-12(7-5-11)18-14-8-13(15)16-9-17-14/h4-10H,3H2,1-2H3. The molecule has 0 amide bonds. The molecule has 1 atom stereocenters. The second-order valence-electron chi connectivity index (χ2n) is 4.16. The largest absolute Gasteiger partial charge is 0.439 e. The van der Waals surface area contributed by atoms with E-state index in [1.807, 2.05) is 12.1 Å². The van der Waals surface area contributed by atoms with Gasteiger partial charge < -0.3 is 4.74 Å². The molecule has 0 saturated heterocycles. The van der Waals surface area contributed by atoms with Gasteiger partial charge in [-0.15, -0.1) is 0 Å². The molecule has 94 valence electrons. The Morgan fingerprint density at radius 3 is 2.56 bits per heavy atom. The first-order valence-electron chi connectivity index (χ1n) is 5.94. The lowest BCUT2D eigenvalue weighted by Crippen LogP contribution is -1.92. The predicted molar refractivity (Wildman–Crippen MR) is 75.0 cm³/mol. The van der Waals surface area contributed by atoms with Crippen LogP contribution in [0, 0.1) is 0 Å². The van der Waals surface area contributed by atoms with Gasteiger partial charge in [-0.05, 0) is 46.0 Å². The predicted octanol–water partition coefficient (Wildman–Crippen LogP) is 4.54. The molecular formula is C14H15BrN2O. The second-order valence-corrected chi connectivity index (χ2v) is 4.97. The highest BCUT2D eigenvalue weighted by molar-refractivity contribution is 9.10. The Hall–Kier alpha value is -1.42. The summed E-state index contributed by atoms with van der Waals surface area (Å²) in [6.45, 7) is 4.41. The molecule has 0 fully saturated rings. The zero-order valence-electron chi connectivity index (χ0n) is 10.4. The Labute approximate surface area is 115 Å². The smallest absolute Gasteiger partial charge is 0.223 e. The van der Waals surface area contributed by atoms with Gasteiger partial charge in [0.05, 0.1) is 0 Å². The lowest BCUT2D eigenvalue weighted by Gasteiger charge is -2.10. The molecule has 0 aliphatic heterocycles. The van der Waals surface area contributed by atoms with Crippen LogP contribution in [0.3, 0.4) is 0 Å². The van der Waals surface area contributed by atoms with Gasteiger partial charge in [0.1, 0.15) is 16.7 Å². The normalized spacial score (nSPS) is 12.2. The van der Waals surface area contributed by atoms with Gasteiger partial charge in [-0.2, -0.15) is 0 Å². The topological polar surface area (TPSA) is 35.0 Å². The molecule has 1 unspecified atom stereocenters. The molecule has 4 heteroatoms. The third-order valence-corrected chi connectivity index (χ3v) is 3.33. The zero-order chi connectivity index (χ0) is 13.0. The van der Waals surface area contributed by atoms with Crippen LogP contribution in [0.1, 0.15) is 31.7 Å². The van der Waals surface area contributed by atoms with Crippen LogP contribution in [-0.2, 0) is 0 Å². The molecule has 0 aliphatic carbocycles. The van der Waals surface area contributed by atoms with Crippen LogP contribution < -0.4 is 4.74 Å². The lowest BCUT2D eigenvalue weighted by molar-refractivity contribution is 0.460. The summed E-state index contributed by atoms with van der Waals surface area (Å²) in [5.74, 6) is 1.90. The van der Waals surface area contributed by atoms with E-state index < -0.39 is 0 Å². The average Bonchev–Trinajstić information content (AvgIpc) is 2.39. The Morgan fingerprint density at radius 2 is 1.94 bits per heavy atom. The summed E-state index contributed by atoms with van der Waals surface area (Å²) in [6, 6.07) is 9.87. The Bertz CT molecular complexity index is 513. The maximum absolute atomic E-state index is 5.65. The van der Waals surface area contributed by atoms with Gasteiger partial charge in [0.25, 0.3) is 0 Å². The Kier molecular flexibility index (Phi) is 4.31. The zero-order valence-corrected chi connectivity index (χ0v) is 12.0. The highest BCUT2D eigenvalue weighted by Gasteiger charge is 2.04. The Balaban J connectivity index is 2.11. The van der Waals surface area contributed by atoms with Crippen molar-refractivity contribution in [1.82, 2.24) is 9.97 Å². The molecule has 18 heavy (non-hydrogen) atoms. The van der Waals surface area contributed by atoms with E-state index in [9.17, 15) is 0 Å². The van der Waals surface area contributed by atoms with Crippen LogP contribution in [0.5, 0.6) is 11.6 Å². The fraction of sp³-hybridized carbons (Fsp3) is 0.286. The summed E-state index contributed by atoms with van der Waals surface area (Å²) in [7, 11) is 0. The van der Waals surface area contributed by atoms with Crippen molar-refractivity contribution in [2.75, 3.05) is 0 Å². The number of ether oxygens (including phenoxy) is 1. The molecule has 3 nitrogen and oxygen atoms in total. The van der Waals surface area contributed by atoms with Gasteiger partial charge in [0.15, 0.2) is 0 Å². The number of hydrogen-bond acceptors (Lipinski definition) is 3. The van der Waals surface area contributed by atoms with Crippen LogP contribution >= 0.6 is 15.9 Å². The molecule has 1 aromatic carbocycles. The van der Waals surface area contributed by atoms with E-state index in [1.54, 1.807) is 6.07 Å². The summed E-state index contributed by atoms with van der Waals surface area (Å²) < 4.78 is 6.36. The fourth-order valence-corrected chi connectivity index (χ4v) is 1.88. The molecule has 1 aromatic heterocycles. The molecule has 0 N–H and O–H groups in total. The van der Waals surface area contributed by atoms with Crippen molar-refractivity contribution in [2.24, 2.45) is 0 Å². The van der Waals surface area contributed by atoms with Crippen molar-refractivity contribution in [2.45, 2.75) is 26.2 Å². The maximum Gasteiger partial charge on any atom is 0.223 e. The number of nitrogens with zero attached hydrogens (tertiary/aromatic N) is 2. The summed E-state index contributed by atoms with van der Waals surface area (Å²) >= 11 is 3.28. The molecule has 2 aromatic rings. The van der Waals surface area contributed by atoms with E-state index in [4.69, 9.17) is 4.74 Å². The first kappa shape index (κ1) is 13.0. The second kappa shape index (κ2) is 5.96. The molecule has 0 bridgehead atoms. The van der Waals surface area contributed by atoms with Crippen molar-refractivity contribution in [1.29, 1.82) is 0 Å². The number of halogens is 1. The van der Waals surface area contributed by atoms with Crippen LogP contribution in [0.4, 0.5) is 0 Å². The molecular weight excluding hydrogens is 292 g/mol. The van der Waals surface area contributed by atoms with Crippen molar-refractivity contribution in [3.63, 3.8) is 0 Å². The van der Waals surface area contributed by atoms with Gasteiger partial charge in [-0.3, -0.25) is 0 Å².